The van der Waals surface area contributed by atoms with Crippen LogP contribution in [0.15, 0.2) is 0 Å². The lowest BCUT2D eigenvalue weighted by Gasteiger charge is -2.11. The second-order valence-electron chi connectivity index (χ2n) is 3.10. The van der Waals surface area contributed by atoms with Crippen LogP contribution in [0.4, 0.5) is 0 Å². The van der Waals surface area contributed by atoms with E-state index in [2.05, 4.69) is 6.92 Å². The van der Waals surface area contributed by atoms with Crippen molar-refractivity contribution in [2.45, 2.75) is 32.8 Å². The lowest BCUT2D eigenvalue weighted by atomic mass is 10.4. The molecule has 0 aliphatic rings. The molecule has 0 amide bonds. The van der Waals surface area contributed by atoms with E-state index in [0.717, 1.165) is 13.0 Å². The fourth-order valence-electron chi connectivity index (χ4n) is 0.940. The number of unbranched alkanes of at least 4 members (excludes halogenated alkanes) is 1. The molecule has 0 saturated carbocycles. The molecule has 0 aliphatic carbocycles. The summed E-state index contributed by atoms with van der Waals surface area (Å²) in [4.78, 5) is 0. The quantitative estimate of drug-likeness (QED) is 0.519. The molecule has 0 saturated heterocycles. The smallest absolute Gasteiger partial charge is 0.0781 e. The molecule has 0 bridgehead atoms. The first-order chi connectivity index (χ1) is 6.31. The Morgan fingerprint density at radius 3 is 2.54 bits per heavy atom. The molecule has 0 spiro atoms. The number of hydrogen-bond donors (Lipinski definition) is 0. The number of methoxy groups -OCH3 is 1. The summed E-state index contributed by atoms with van der Waals surface area (Å²) in [6.07, 6.45) is 2.48. The zero-order valence-electron chi connectivity index (χ0n) is 9.04. The van der Waals surface area contributed by atoms with E-state index in [1.54, 1.807) is 7.11 Å². The molecule has 0 heterocycles. The number of rotatable bonds is 9. The third-order valence-electron chi connectivity index (χ3n) is 1.67. The first-order valence-corrected chi connectivity index (χ1v) is 4.99. The molecule has 1 atom stereocenters. The van der Waals surface area contributed by atoms with Gasteiger partial charge in [-0.2, -0.15) is 0 Å². The first kappa shape index (κ1) is 12.9. The van der Waals surface area contributed by atoms with Crippen LogP contribution in [-0.2, 0) is 14.2 Å². The van der Waals surface area contributed by atoms with E-state index < -0.39 is 0 Å². The summed E-state index contributed by atoms with van der Waals surface area (Å²) >= 11 is 0. The zero-order valence-corrected chi connectivity index (χ0v) is 9.04. The Hall–Kier alpha value is -0.120. The summed E-state index contributed by atoms with van der Waals surface area (Å²) in [5.41, 5.74) is 0. The van der Waals surface area contributed by atoms with Crippen molar-refractivity contribution in [2.75, 3.05) is 33.5 Å². The topological polar surface area (TPSA) is 27.7 Å². The Labute approximate surface area is 81.4 Å². The Balaban J connectivity index is 2.97. The van der Waals surface area contributed by atoms with Gasteiger partial charge in [0.25, 0.3) is 0 Å². The fraction of sp³-hybridized carbons (Fsp3) is 1.00. The Morgan fingerprint density at radius 2 is 1.92 bits per heavy atom. The molecular formula is C10H22O3. The van der Waals surface area contributed by atoms with E-state index in [1.165, 1.54) is 6.42 Å². The standard InChI is InChI=1S/C10H22O3/c1-4-5-6-12-7-8-13-10(2)9-11-3/h10H,4-9H2,1-3H3. The number of hydrogen-bond acceptors (Lipinski definition) is 3. The molecule has 80 valence electrons. The average Bonchev–Trinajstić information content (AvgIpc) is 2.11. The van der Waals surface area contributed by atoms with E-state index in [4.69, 9.17) is 14.2 Å². The maximum Gasteiger partial charge on any atom is 0.0781 e. The molecular weight excluding hydrogens is 168 g/mol. The zero-order chi connectivity index (χ0) is 9.94. The van der Waals surface area contributed by atoms with Crippen LogP contribution < -0.4 is 0 Å². The SMILES string of the molecule is CCCCOCCOC(C)COC. The predicted octanol–water partition coefficient (Wildman–Crippen LogP) is 1.85. The molecule has 0 aliphatic heterocycles. The highest BCUT2D eigenvalue weighted by Crippen LogP contribution is 1.92. The maximum atomic E-state index is 5.41. The summed E-state index contributed by atoms with van der Waals surface area (Å²) in [6.45, 7) is 6.99. The minimum Gasteiger partial charge on any atom is -0.382 e. The Bertz CT molecular complexity index is 96.2. The van der Waals surface area contributed by atoms with Crippen LogP contribution in [0.1, 0.15) is 26.7 Å². The van der Waals surface area contributed by atoms with Gasteiger partial charge >= 0.3 is 0 Å². The molecule has 3 nitrogen and oxygen atoms in total. The third-order valence-corrected chi connectivity index (χ3v) is 1.67. The van der Waals surface area contributed by atoms with E-state index in [9.17, 15) is 0 Å². The van der Waals surface area contributed by atoms with Gasteiger partial charge in [-0.3, -0.25) is 0 Å². The number of ether oxygens (including phenoxy) is 3. The Morgan fingerprint density at radius 1 is 1.15 bits per heavy atom. The Kier molecular flexibility index (Phi) is 9.87. The van der Waals surface area contributed by atoms with Gasteiger partial charge in [0.15, 0.2) is 0 Å². The van der Waals surface area contributed by atoms with Crippen molar-refractivity contribution in [1.29, 1.82) is 0 Å². The lowest BCUT2D eigenvalue weighted by Crippen LogP contribution is -2.17. The van der Waals surface area contributed by atoms with E-state index in [0.29, 0.717) is 19.8 Å². The van der Waals surface area contributed by atoms with Crippen molar-refractivity contribution in [3.63, 3.8) is 0 Å². The van der Waals surface area contributed by atoms with E-state index in [-0.39, 0.29) is 6.10 Å². The van der Waals surface area contributed by atoms with Crippen molar-refractivity contribution in [2.24, 2.45) is 0 Å². The van der Waals surface area contributed by atoms with Crippen LogP contribution in [0.2, 0.25) is 0 Å². The van der Waals surface area contributed by atoms with Crippen molar-refractivity contribution in [1.82, 2.24) is 0 Å². The second-order valence-corrected chi connectivity index (χ2v) is 3.10. The van der Waals surface area contributed by atoms with Crippen LogP contribution in [0.3, 0.4) is 0 Å². The highest BCUT2D eigenvalue weighted by Gasteiger charge is 1.99. The largest absolute Gasteiger partial charge is 0.382 e. The summed E-state index contributed by atoms with van der Waals surface area (Å²) in [5, 5.41) is 0. The lowest BCUT2D eigenvalue weighted by molar-refractivity contribution is -0.0199. The summed E-state index contributed by atoms with van der Waals surface area (Å²) in [5.74, 6) is 0. The summed E-state index contributed by atoms with van der Waals surface area (Å²) in [7, 11) is 1.68. The average molecular weight is 190 g/mol. The molecule has 0 N–H and O–H groups in total. The molecule has 0 fully saturated rings. The molecule has 13 heavy (non-hydrogen) atoms. The van der Waals surface area contributed by atoms with Crippen LogP contribution in [0.25, 0.3) is 0 Å². The van der Waals surface area contributed by atoms with Crippen molar-refractivity contribution >= 4 is 0 Å². The minimum atomic E-state index is 0.166. The maximum absolute atomic E-state index is 5.41. The van der Waals surface area contributed by atoms with Gasteiger partial charge in [0.05, 0.1) is 25.9 Å². The molecule has 0 aromatic heterocycles. The van der Waals surface area contributed by atoms with Gasteiger partial charge in [-0.1, -0.05) is 13.3 Å². The van der Waals surface area contributed by atoms with Gasteiger partial charge in [0, 0.05) is 13.7 Å². The normalized spacial score (nSPS) is 13.2. The van der Waals surface area contributed by atoms with Crippen molar-refractivity contribution in [3.05, 3.63) is 0 Å². The van der Waals surface area contributed by atoms with Gasteiger partial charge in [0.1, 0.15) is 0 Å². The van der Waals surface area contributed by atoms with Crippen molar-refractivity contribution in [3.8, 4) is 0 Å². The first-order valence-electron chi connectivity index (χ1n) is 4.99. The predicted molar refractivity (Wildman–Crippen MR) is 53.0 cm³/mol. The van der Waals surface area contributed by atoms with Gasteiger partial charge in [-0.25, -0.2) is 0 Å². The minimum absolute atomic E-state index is 0.166. The summed E-state index contributed by atoms with van der Waals surface area (Å²) < 4.78 is 15.7. The van der Waals surface area contributed by atoms with Crippen molar-refractivity contribution < 1.29 is 14.2 Å². The van der Waals surface area contributed by atoms with Crippen LogP contribution in [-0.4, -0.2) is 39.6 Å². The highest BCUT2D eigenvalue weighted by atomic mass is 16.5. The molecule has 0 aromatic carbocycles. The van der Waals surface area contributed by atoms with Gasteiger partial charge in [-0.05, 0) is 13.3 Å². The van der Waals surface area contributed by atoms with Crippen LogP contribution in [0.5, 0.6) is 0 Å². The van der Waals surface area contributed by atoms with Crippen LogP contribution >= 0.6 is 0 Å². The molecule has 0 radical (unpaired) electrons. The molecule has 0 rings (SSSR count). The van der Waals surface area contributed by atoms with E-state index >= 15 is 0 Å². The van der Waals surface area contributed by atoms with Gasteiger partial charge < -0.3 is 14.2 Å². The summed E-state index contributed by atoms with van der Waals surface area (Å²) in [6, 6.07) is 0. The van der Waals surface area contributed by atoms with Gasteiger partial charge in [0.2, 0.25) is 0 Å². The molecule has 0 aromatic rings. The molecule has 1 unspecified atom stereocenters. The third kappa shape index (κ3) is 9.80. The fourth-order valence-corrected chi connectivity index (χ4v) is 0.940. The highest BCUT2D eigenvalue weighted by molar-refractivity contribution is 4.45. The second kappa shape index (κ2) is 9.96. The van der Waals surface area contributed by atoms with Gasteiger partial charge in [-0.15, -0.1) is 0 Å². The van der Waals surface area contributed by atoms with Crippen LogP contribution in [0, 0.1) is 0 Å². The van der Waals surface area contributed by atoms with E-state index in [1.807, 2.05) is 6.92 Å². The monoisotopic (exact) mass is 190 g/mol. The molecule has 3 heteroatoms.